The Kier molecular flexibility index (Phi) is 3.16. The van der Waals surface area contributed by atoms with Gasteiger partial charge in [0, 0.05) is 5.39 Å². The van der Waals surface area contributed by atoms with Gasteiger partial charge in [-0.25, -0.2) is 9.36 Å². The van der Waals surface area contributed by atoms with Crippen molar-refractivity contribution in [2.75, 3.05) is 0 Å². The Labute approximate surface area is 114 Å². The summed E-state index contributed by atoms with van der Waals surface area (Å²) in [6.45, 7) is 5.59. The molecule has 0 amide bonds. The molecule has 2 aromatic rings. The first-order chi connectivity index (χ1) is 7.88. The normalized spacial score (nSPS) is 11.8. The van der Waals surface area contributed by atoms with Crippen LogP contribution in [0.15, 0.2) is 30.3 Å². The van der Waals surface area contributed by atoms with Crippen LogP contribution in [-0.2, 0) is 4.74 Å². The zero-order chi connectivity index (χ0) is 12.6. The molecule has 0 saturated heterocycles. The maximum absolute atomic E-state index is 12.1. The maximum atomic E-state index is 12.1. The Morgan fingerprint density at radius 1 is 1.29 bits per heavy atom. The number of para-hydroxylation sites is 1. The molecule has 0 N–H and O–H groups in total. The Hall–Kier alpha value is -1.04. The fourth-order valence-corrected chi connectivity index (χ4v) is 2.41. The summed E-state index contributed by atoms with van der Waals surface area (Å²) in [5.74, 6) is 0. The van der Waals surface area contributed by atoms with Gasteiger partial charge in [0.15, 0.2) is 0 Å². The van der Waals surface area contributed by atoms with E-state index in [-0.39, 0.29) is 6.09 Å². The first-order valence-electron chi connectivity index (χ1n) is 5.38. The van der Waals surface area contributed by atoms with E-state index in [9.17, 15) is 4.79 Å². The summed E-state index contributed by atoms with van der Waals surface area (Å²) in [5, 5.41) is 1.04. The first-order valence-corrected chi connectivity index (χ1v) is 6.46. The SMILES string of the molecule is CC(C)(C)OC(=O)n1c(I)cc2ccccc21. The second-order valence-electron chi connectivity index (χ2n) is 4.84. The molecule has 1 aromatic carbocycles. The van der Waals surface area contributed by atoms with Gasteiger partial charge in [0.05, 0.1) is 9.22 Å². The van der Waals surface area contributed by atoms with E-state index in [1.807, 2.05) is 51.1 Å². The second-order valence-corrected chi connectivity index (χ2v) is 5.95. The van der Waals surface area contributed by atoms with Crippen molar-refractivity contribution in [2.45, 2.75) is 26.4 Å². The molecule has 0 radical (unpaired) electrons. The van der Waals surface area contributed by atoms with Crippen LogP contribution in [0.1, 0.15) is 20.8 Å². The lowest BCUT2D eigenvalue weighted by molar-refractivity contribution is 0.0540. The van der Waals surface area contributed by atoms with Crippen molar-refractivity contribution in [2.24, 2.45) is 0 Å². The zero-order valence-corrected chi connectivity index (χ0v) is 12.2. The molecule has 0 bridgehead atoms. The Bertz CT molecular complexity index is 566. The monoisotopic (exact) mass is 343 g/mol. The van der Waals surface area contributed by atoms with Crippen molar-refractivity contribution < 1.29 is 9.53 Å². The van der Waals surface area contributed by atoms with E-state index in [2.05, 4.69) is 22.6 Å². The molecule has 0 atom stereocenters. The van der Waals surface area contributed by atoms with Crippen LogP contribution in [0.5, 0.6) is 0 Å². The minimum atomic E-state index is -0.481. The van der Waals surface area contributed by atoms with E-state index in [1.165, 1.54) is 0 Å². The topological polar surface area (TPSA) is 31.2 Å². The van der Waals surface area contributed by atoms with Gasteiger partial charge in [-0.05, 0) is 55.5 Å². The van der Waals surface area contributed by atoms with Gasteiger partial charge in [0.1, 0.15) is 5.60 Å². The van der Waals surface area contributed by atoms with Gasteiger partial charge in [-0.2, -0.15) is 0 Å². The third-order valence-electron chi connectivity index (χ3n) is 2.24. The Morgan fingerprint density at radius 3 is 2.59 bits per heavy atom. The summed E-state index contributed by atoms with van der Waals surface area (Å²) >= 11 is 2.14. The van der Waals surface area contributed by atoms with Gasteiger partial charge >= 0.3 is 6.09 Å². The van der Waals surface area contributed by atoms with Crippen LogP contribution >= 0.6 is 22.6 Å². The Morgan fingerprint density at radius 2 is 1.94 bits per heavy atom. The number of carbonyl (C=O) groups is 1. The Balaban J connectivity index is 2.48. The molecule has 4 heteroatoms. The molecule has 3 nitrogen and oxygen atoms in total. The fourth-order valence-electron chi connectivity index (χ4n) is 1.61. The standard InChI is InChI=1S/C13H14INO2/c1-13(2,3)17-12(16)15-10-7-5-4-6-9(10)8-11(15)14/h4-8H,1-3H3. The number of aromatic nitrogens is 1. The minimum absolute atomic E-state index is 0.330. The quantitative estimate of drug-likeness (QED) is 0.677. The summed E-state index contributed by atoms with van der Waals surface area (Å²) in [6, 6.07) is 9.75. The third kappa shape index (κ3) is 2.62. The highest BCUT2D eigenvalue weighted by molar-refractivity contribution is 14.1. The summed E-state index contributed by atoms with van der Waals surface area (Å²) in [4.78, 5) is 12.1. The van der Waals surface area contributed by atoms with Gasteiger partial charge in [-0.1, -0.05) is 18.2 Å². The van der Waals surface area contributed by atoms with Gasteiger partial charge in [0.25, 0.3) is 0 Å². The van der Waals surface area contributed by atoms with Crippen LogP contribution in [0.25, 0.3) is 10.9 Å². The summed E-state index contributed by atoms with van der Waals surface area (Å²) in [6.07, 6.45) is -0.330. The van der Waals surface area contributed by atoms with Crippen LogP contribution in [0.2, 0.25) is 0 Å². The van der Waals surface area contributed by atoms with Crippen LogP contribution in [-0.4, -0.2) is 16.3 Å². The number of rotatable bonds is 0. The fraction of sp³-hybridized carbons (Fsp3) is 0.308. The number of halogens is 1. The van der Waals surface area contributed by atoms with Crippen molar-refractivity contribution >= 4 is 39.6 Å². The number of hydrogen-bond donors (Lipinski definition) is 0. The molecule has 0 aliphatic rings. The summed E-state index contributed by atoms with van der Waals surface area (Å²) in [7, 11) is 0. The summed E-state index contributed by atoms with van der Waals surface area (Å²) in [5.41, 5.74) is 0.400. The predicted octanol–water partition coefficient (Wildman–Crippen LogP) is 4.03. The van der Waals surface area contributed by atoms with Crippen molar-refractivity contribution in [3.8, 4) is 0 Å². The number of fused-ring (bicyclic) bond motifs is 1. The molecule has 0 aliphatic carbocycles. The first kappa shape index (κ1) is 12.4. The highest BCUT2D eigenvalue weighted by atomic mass is 127. The van der Waals surface area contributed by atoms with E-state index < -0.39 is 5.60 Å². The molecule has 2 rings (SSSR count). The third-order valence-corrected chi connectivity index (χ3v) is 3.04. The number of ether oxygens (including phenoxy) is 1. The average molecular weight is 343 g/mol. The van der Waals surface area contributed by atoms with E-state index in [0.717, 1.165) is 14.6 Å². The molecular weight excluding hydrogens is 329 g/mol. The van der Waals surface area contributed by atoms with Crippen molar-refractivity contribution in [3.63, 3.8) is 0 Å². The molecule has 0 spiro atoms. The summed E-state index contributed by atoms with van der Waals surface area (Å²) < 4.78 is 7.85. The number of hydrogen-bond acceptors (Lipinski definition) is 2. The van der Waals surface area contributed by atoms with E-state index in [4.69, 9.17) is 4.74 Å². The number of carbonyl (C=O) groups excluding carboxylic acids is 1. The lowest BCUT2D eigenvalue weighted by Gasteiger charge is -2.20. The molecule has 0 fully saturated rings. The number of nitrogens with zero attached hydrogens (tertiary/aromatic N) is 1. The van der Waals surface area contributed by atoms with Gasteiger partial charge in [-0.15, -0.1) is 0 Å². The molecule has 1 aromatic heterocycles. The van der Waals surface area contributed by atoms with E-state index in [1.54, 1.807) is 4.57 Å². The minimum Gasteiger partial charge on any atom is -0.443 e. The molecule has 0 saturated carbocycles. The van der Waals surface area contributed by atoms with E-state index in [0.29, 0.717) is 0 Å². The molecule has 90 valence electrons. The largest absolute Gasteiger partial charge is 0.443 e. The van der Waals surface area contributed by atoms with Crippen molar-refractivity contribution in [1.82, 2.24) is 4.57 Å². The van der Waals surface area contributed by atoms with Crippen molar-refractivity contribution in [3.05, 3.63) is 34.0 Å². The van der Waals surface area contributed by atoms with Crippen LogP contribution in [0.4, 0.5) is 4.79 Å². The molecular formula is C13H14INO2. The lowest BCUT2D eigenvalue weighted by Crippen LogP contribution is -2.27. The molecule has 17 heavy (non-hydrogen) atoms. The van der Waals surface area contributed by atoms with Crippen LogP contribution < -0.4 is 0 Å². The van der Waals surface area contributed by atoms with Crippen molar-refractivity contribution in [1.29, 1.82) is 0 Å². The molecule has 0 unspecified atom stereocenters. The molecule has 1 heterocycles. The lowest BCUT2D eigenvalue weighted by atomic mass is 10.2. The van der Waals surface area contributed by atoms with Gasteiger partial charge in [-0.3, -0.25) is 0 Å². The number of benzene rings is 1. The highest BCUT2D eigenvalue weighted by Crippen LogP contribution is 2.22. The van der Waals surface area contributed by atoms with Crippen LogP contribution in [0.3, 0.4) is 0 Å². The van der Waals surface area contributed by atoms with Crippen LogP contribution in [0, 0.1) is 3.70 Å². The predicted molar refractivity (Wildman–Crippen MR) is 76.3 cm³/mol. The zero-order valence-electron chi connectivity index (χ0n) is 10.0. The van der Waals surface area contributed by atoms with Gasteiger partial charge in [0.2, 0.25) is 0 Å². The highest BCUT2D eigenvalue weighted by Gasteiger charge is 2.20. The smallest absolute Gasteiger partial charge is 0.419 e. The maximum Gasteiger partial charge on any atom is 0.419 e. The average Bonchev–Trinajstić information content (AvgIpc) is 2.50. The van der Waals surface area contributed by atoms with Gasteiger partial charge < -0.3 is 4.74 Å². The molecule has 0 aliphatic heterocycles. The van der Waals surface area contributed by atoms with E-state index >= 15 is 0 Å². The second kappa shape index (κ2) is 4.33.